The second kappa shape index (κ2) is 6.91. The van der Waals surface area contributed by atoms with Gasteiger partial charge in [0.25, 0.3) is 0 Å². The quantitative estimate of drug-likeness (QED) is 0.612. The third kappa shape index (κ3) is 2.43. The van der Waals surface area contributed by atoms with Crippen LogP contribution in [0.15, 0.2) is 23.5 Å². The number of fused-ring (bicyclic) bond motifs is 1. The van der Waals surface area contributed by atoms with Gasteiger partial charge in [-0.15, -0.1) is 0 Å². The number of benzene rings is 1. The summed E-state index contributed by atoms with van der Waals surface area (Å²) in [7, 11) is 2.96. The number of likely N-dealkylation sites (tertiary alicyclic amines) is 1. The zero-order valence-corrected chi connectivity index (χ0v) is 16.6. The predicted octanol–water partition coefficient (Wildman–Crippen LogP) is 1.20. The molecule has 0 aromatic heterocycles. The summed E-state index contributed by atoms with van der Waals surface area (Å²) in [5, 5.41) is 43.6. The van der Waals surface area contributed by atoms with E-state index in [1.807, 2.05) is 0 Å². The van der Waals surface area contributed by atoms with E-state index in [4.69, 9.17) is 9.47 Å². The molecule has 4 N–H and O–H groups in total. The highest BCUT2D eigenvalue weighted by molar-refractivity contribution is 5.63. The maximum Gasteiger partial charge on any atom is 0.162 e. The Morgan fingerprint density at radius 1 is 1.14 bits per heavy atom. The lowest BCUT2D eigenvalue weighted by molar-refractivity contribution is -0.0521. The van der Waals surface area contributed by atoms with Crippen molar-refractivity contribution >= 4 is 0 Å². The van der Waals surface area contributed by atoms with Crippen LogP contribution < -0.4 is 4.74 Å². The predicted molar refractivity (Wildman–Crippen MR) is 102 cm³/mol. The summed E-state index contributed by atoms with van der Waals surface area (Å²) in [5.74, 6) is 0.614. The number of nitrogens with zero attached hydrogens (tertiary/aromatic N) is 1. The van der Waals surface area contributed by atoms with Gasteiger partial charge in [0.2, 0.25) is 0 Å². The van der Waals surface area contributed by atoms with E-state index < -0.39 is 23.7 Å². The largest absolute Gasteiger partial charge is 0.504 e. The number of phenolic OH excluding ortho intramolecular Hbond substituents is 1. The van der Waals surface area contributed by atoms with E-state index in [-0.39, 0.29) is 18.2 Å². The number of hydrogen-bond acceptors (Lipinski definition) is 7. The van der Waals surface area contributed by atoms with E-state index in [0.29, 0.717) is 29.1 Å². The van der Waals surface area contributed by atoms with Gasteiger partial charge in [-0.3, -0.25) is 4.90 Å². The van der Waals surface area contributed by atoms with E-state index in [2.05, 4.69) is 11.8 Å². The zero-order valence-electron chi connectivity index (χ0n) is 16.6. The van der Waals surface area contributed by atoms with Crippen LogP contribution in [0, 0.1) is 0 Å². The second-order valence-electron chi connectivity index (χ2n) is 8.04. The molecule has 1 saturated heterocycles. The first-order valence-corrected chi connectivity index (χ1v) is 9.88. The molecule has 7 nitrogen and oxygen atoms in total. The summed E-state index contributed by atoms with van der Waals surface area (Å²) >= 11 is 0. The number of aliphatic hydroxyl groups excluding tert-OH is 3. The highest BCUT2D eigenvalue weighted by Gasteiger charge is 2.60. The van der Waals surface area contributed by atoms with Crippen LogP contribution in [0.2, 0.25) is 0 Å². The van der Waals surface area contributed by atoms with Crippen molar-refractivity contribution in [1.82, 2.24) is 4.90 Å². The molecule has 0 radical (unpaired) electrons. The molecule has 1 aromatic rings. The van der Waals surface area contributed by atoms with E-state index >= 15 is 0 Å². The molecule has 5 atom stereocenters. The van der Waals surface area contributed by atoms with Crippen molar-refractivity contribution in [3.05, 3.63) is 34.6 Å². The molecule has 2 aliphatic carbocycles. The van der Waals surface area contributed by atoms with Gasteiger partial charge in [0, 0.05) is 23.1 Å². The monoisotopic (exact) mass is 391 g/mol. The molecule has 0 spiro atoms. The highest BCUT2D eigenvalue weighted by atomic mass is 16.5. The lowest BCUT2D eigenvalue weighted by Gasteiger charge is -2.58. The SMILES string of the molecule is CCCN1CC[C@]23C[C@H](O)[C@H](O)C(OC)=C2[C@H]1[C@H](O)c1ccc(OC)c(O)c13. The Hall–Kier alpha value is -1.80. The fourth-order valence-electron chi connectivity index (χ4n) is 5.63. The minimum absolute atomic E-state index is 0.0158. The van der Waals surface area contributed by atoms with Crippen molar-refractivity contribution in [2.24, 2.45) is 0 Å². The maximum absolute atomic E-state index is 11.3. The molecule has 154 valence electrons. The zero-order chi connectivity index (χ0) is 20.2. The van der Waals surface area contributed by atoms with Crippen LogP contribution in [0.4, 0.5) is 0 Å². The number of ether oxygens (including phenoxy) is 2. The smallest absolute Gasteiger partial charge is 0.162 e. The Kier molecular flexibility index (Phi) is 4.82. The van der Waals surface area contributed by atoms with Gasteiger partial charge in [0.15, 0.2) is 11.5 Å². The average molecular weight is 391 g/mol. The standard InChI is InChI=1S/C21H29NO6/c1-4-8-22-9-7-21-10-12(23)18(25)20(28-3)15(21)16(22)17(24)11-5-6-13(27-2)19(26)14(11)21/h5-6,12,16-18,23-26H,4,7-10H2,1-3H3/t12-,16-,17+,18-,21+/m0/s1. The van der Waals surface area contributed by atoms with Gasteiger partial charge in [-0.2, -0.15) is 0 Å². The summed E-state index contributed by atoms with van der Waals surface area (Å²) in [5.41, 5.74) is 1.29. The van der Waals surface area contributed by atoms with Crippen LogP contribution in [0.25, 0.3) is 0 Å². The van der Waals surface area contributed by atoms with Crippen molar-refractivity contribution in [3.8, 4) is 11.5 Å². The maximum atomic E-state index is 11.3. The minimum atomic E-state index is -1.15. The molecule has 7 heteroatoms. The Bertz CT molecular complexity index is 808. The van der Waals surface area contributed by atoms with Gasteiger partial charge in [-0.05, 0) is 37.4 Å². The van der Waals surface area contributed by atoms with Gasteiger partial charge in [-0.1, -0.05) is 13.0 Å². The first-order valence-electron chi connectivity index (χ1n) is 9.88. The molecule has 4 rings (SSSR count). The van der Waals surface area contributed by atoms with Crippen molar-refractivity contribution in [1.29, 1.82) is 0 Å². The highest BCUT2D eigenvalue weighted by Crippen LogP contribution is 2.61. The number of rotatable bonds is 4. The third-order valence-corrected chi connectivity index (χ3v) is 6.71. The van der Waals surface area contributed by atoms with Crippen LogP contribution in [-0.4, -0.2) is 70.9 Å². The number of phenols is 1. The molecule has 28 heavy (non-hydrogen) atoms. The van der Waals surface area contributed by atoms with Crippen LogP contribution >= 0.6 is 0 Å². The topological polar surface area (TPSA) is 103 Å². The Morgan fingerprint density at radius 2 is 1.89 bits per heavy atom. The van der Waals surface area contributed by atoms with Crippen molar-refractivity contribution in [3.63, 3.8) is 0 Å². The lowest BCUT2D eigenvalue weighted by Crippen LogP contribution is -2.61. The molecule has 1 heterocycles. The fraction of sp³-hybridized carbons (Fsp3) is 0.619. The first kappa shape index (κ1) is 19.5. The van der Waals surface area contributed by atoms with E-state index in [1.54, 1.807) is 12.1 Å². The van der Waals surface area contributed by atoms with Gasteiger partial charge in [-0.25, -0.2) is 0 Å². The summed E-state index contributed by atoms with van der Waals surface area (Å²) in [6, 6.07) is 3.09. The lowest BCUT2D eigenvalue weighted by atomic mass is 9.54. The number of hydrogen-bond donors (Lipinski definition) is 4. The number of aliphatic hydroxyl groups is 3. The molecule has 1 aliphatic heterocycles. The Labute approximate surface area is 164 Å². The molecule has 0 amide bonds. The van der Waals surface area contributed by atoms with E-state index in [1.165, 1.54) is 14.2 Å². The molecule has 0 saturated carbocycles. The van der Waals surface area contributed by atoms with Gasteiger partial charge in [0.1, 0.15) is 11.9 Å². The summed E-state index contributed by atoms with van der Waals surface area (Å²) in [6.45, 7) is 3.61. The molecule has 1 fully saturated rings. The summed E-state index contributed by atoms with van der Waals surface area (Å²) in [4.78, 5) is 2.21. The second-order valence-corrected chi connectivity index (χ2v) is 8.04. The number of aromatic hydroxyl groups is 1. The Morgan fingerprint density at radius 3 is 2.54 bits per heavy atom. The van der Waals surface area contributed by atoms with Gasteiger partial charge in [0.05, 0.1) is 32.5 Å². The molecule has 0 unspecified atom stereocenters. The number of piperidine rings is 1. The molecule has 3 aliphatic rings. The van der Waals surface area contributed by atoms with Gasteiger partial charge >= 0.3 is 0 Å². The van der Waals surface area contributed by atoms with Crippen LogP contribution in [0.1, 0.15) is 43.4 Å². The first-order chi connectivity index (χ1) is 13.4. The molecule has 1 aromatic carbocycles. The minimum Gasteiger partial charge on any atom is -0.504 e. The molecule has 2 bridgehead atoms. The normalized spacial score (nSPS) is 34.6. The number of methoxy groups -OCH3 is 2. The van der Waals surface area contributed by atoms with Crippen LogP contribution in [0.5, 0.6) is 11.5 Å². The third-order valence-electron chi connectivity index (χ3n) is 6.71. The molecular weight excluding hydrogens is 362 g/mol. The summed E-state index contributed by atoms with van der Waals surface area (Å²) in [6.07, 6.45) is -1.22. The van der Waals surface area contributed by atoms with E-state index in [9.17, 15) is 20.4 Å². The van der Waals surface area contributed by atoms with Crippen LogP contribution in [0.3, 0.4) is 0 Å². The van der Waals surface area contributed by atoms with Crippen molar-refractivity contribution in [2.75, 3.05) is 27.3 Å². The van der Waals surface area contributed by atoms with Crippen molar-refractivity contribution in [2.45, 2.75) is 56.0 Å². The Balaban J connectivity index is 2.05. The fourth-order valence-corrected chi connectivity index (χ4v) is 5.63. The van der Waals surface area contributed by atoms with Crippen molar-refractivity contribution < 1.29 is 29.9 Å². The molecular formula is C21H29NO6. The van der Waals surface area contributed by atoms with Crippen LogP contribution in [-0.2, 0) is 10.2 Å². The summed E-state index contributed by atoms with van der Waals surface area (Å²) < 4.78 is 10.9. The van der Waals surface area contributed by atoms with Gasteiger partial charge < -0.3 is 29.9 Å². The van der Waals surface area contributed by atoms with E-state index in [0.717, 1.165) is 25.1 Å². The average Bonchev–Trinajstić information content (AvgIpc) is 2.68.